The molecule has 3 rings (SSSR count). The molecule has 0 unspecified atom stereocenters. The summed E-state index contributed by atoms with van der Waals surface area (Å²) in [5, 5.41) is 6.94. The number of alkyl halides is 3. The number of nitrogens with two attached hydrogens (primary N) is 1. The average molecular weight is 294 g/mol. The Kier molecular flexibility index (Phi) is 3.19. The van der Waals surface area contributed by atoms with Crippen LogP contribution in [0.15, 0.2) is 30.3 Å². The van der Waals surface area contributed by atoms with Crippen LogP contribution in [0.2, 0.25) is 0 Å². The lowest BCUT2D eigenvalue weighted by molar-refractivity contribution is -0.141. The van der Waals surface area contributed by atoms with Gasteiger partial charge in [0, 0.05) is 18.8 Å². The maximum Gasteiger partial charge on any atom is 0.435 e. The van der Waals surface area contributed by atoms with Gasteiger partial charge in [-0.25, -0.2) is 0 Å². The number of halogens is 3. The van der Waals surface area contributed by atoms with Crippen LogP contribution in [0.1, 0.15) is 16.8 Å². The predicted molar refractivity (Wildman–Crippen MR) is 72.6 cm³/mol. The van der Waals surface area contributed by atoms with Crippen molar-refractivity contribution in [1.29, 1.82) is 0 Å². The van der Waals surface area contributed by atoms with Crippen LogP contribution in [0.25, 0.3) is 0 Å². The van der Waals surface area contributed by atoms with E-state index < -0.39 is 11.9 Å². The van der Waals surface area contributed by atoms with Gasteiger partial charge in [0.15, 0.2) is 11.5 Å². The van der Waals surface area contributed by atoms with Gasteiger partial charge in [0.2, 0.25) is 0 Å². The molecule has 2 N–H and O–H groups in total. The molecule has 1 aliphatic rings. The van der Waals surface area contributed by atoms with Crippen molar-refractivity contribution in [2.24, 2.45) is 0 Å². The Labute approximate surface area is 119 Å². The second kappa shape index (κ2) is 4.91. The highest BCUT2D eigenvalue weighted by molar-refractivity contribution is 5.55. The molecule has 1 aliphatic heterocycles. The zero-order chi connectivity index (χ0) is 15.0. The van der Waals surface area contributed by atoms with Crippen LogP contribution >= 0.6 is 0 Å². The summed E-state index contributed by atoms with van der Waals surface area (Å²) in [7, 11) is 0. The van der Waals surface area contributed by atoms with E-state index in [1.165, 1.54) is 11.6 Å². The molecule has 0 aliphatic carbocycles. The molecule has 0 amide bonds. The van der Waals surface area contributed by atoms with Crippen molar-refractivity contribution < 1.29 is 13.2 Å². The van der Waals surface area contributed by atoms with Gasteiger partial charge in [-0.15, -0.1) is 10.2 Å². The topological polar surface area (TPSA) is 55.0 Å². The highest BCUT2D eigenvalue weighted by Crippen LogP contribution is 2.29. The van der Waals surface area contributed by atoms with Crippen molar-refractivity contribution >= 4 is 11.5 Å². The molecular weight excluding hydrogens is 281 g/mol. The third-order valence-corrected chi connectivity index (χ3v) is 3.57. The molecule has 2 heterocycles. The number of anilines is 2. The number of benzene rings is 1. The lowest BCUT2D eigenvalue weighted by Gasteiger charge is -2.30. The lowest BCUT2D eigenvalue weighted by Crippen LogP contribution is -2.32. The fraction of sp³-hybridized carbons (Fsp3) is 0.286. The number of fused-ring (bicyclic) bond motifs is 1. The second-order valence-electron chi connectivity index (χ2n) is 4.93. The molecule has 2 aromatic rings. The van der Waals surface area contributed by atoms with Gasteiger partial charge in [-0.2, -0.15) is 13.2 Å². The van der Waals surface area contributed by atoms with E-state index in [0.717, 1.165) is 18.1 Å². The molecule has 1 aromatic carbocycles. The monoisotopic (exact) mass is 294 g/mol. The summed E-state index contributed by atoms with van der Waals surface area (Å²) in [6.07, 6.45) is -3.69. The molecule has 0 saturated carbocycles. The highest BCUT2D eigenvalue weighted by Gasteiger charge is 2.33. The van der Waals surface area contributed by atoms with Gasteiger partial charge in [0.05, 0.1) is 0 Å². The smallest absolute Gasteiger partial charge is 0.398 e. The Morgan fingerprint density at radius 1 is 1.10 bits per heavy atom. The van der Waals surface area contributed by atoms with E-state index in [4.69, 9.17) is 5.73 Å². The molecule has 110 valence electrons. The Morgan fingerprint density at radius 2 is 1.90 bits per heavy atom. The molecule has 0 bridgehead atoms. The SMILES string of the molecule is Nc1cccc2c1CN(c1ccc(C(F)(F)F)nn1)CC2. The van der Waals surface area contributed by atoms with Gasteiger partial charge in [-0.05, 0) is 35.7 Å². The Balaban J connectivity index is 1.85. The molecule has 21 heavy (non-hydrogen) atoms. The van der Waals surface area contributed by atoms with Crippen LogP contribution in [0, 0.1) is 0 Å². The Hall–Kier alpha value is -2.31. The summed E-state index contributed by atoms with van der Waals surface area (Å²) in [6, 6.07) is 8.04. The quantitative estimate of drug-likeness (QED) is 0.822. The third-order valence-electron chi connectivity index (χ3n) is 3.57. The van der Waals surface area contributed by atoms with Crippen LogP contribution < -0.4 is 10.6 Å². The first-order valence-electron chi connectivity index (χ1n) is 6.47. The summed E-state index contributed by atoms with van der Waals surface area (Å²) >= 11 is 0. The molecule has 0 spiro atoms. The molecule has 7 heteroatoms. The Bertz CT molecular complexity index is 652. The van der Waals surface area contributed by atoms with E-state index in [0.29, 0.717) is 24.6 Å². The number of hydrogen-bond donors (Lipinski definition) is 1. The number of aromatic nitrogens is 2. The number of rotatable bonds is 1. The number of nitrogen functional groups attached to an aromatic ring is 1. The molecule has 4 nitrogen and oxygen atoms in total. The zero-order valence-electron chi connectivity index (χ0n) is 11.1. The molecule has 0 fully saturated rings. The van der Waals surface area contributed by atoms with Crippen molar-refractivity contribution in [3.05, 3.63) is 47.2 Å². The lowest BCUT2D eigenvalue weighted by atomic mass is 9.98. The second-order valence-corrected chi connectivity index (χ2v) is 4.93. The van der Waals surface area contributed by atoms with Crippen LogP contribution in [0.4, 0.5) is 24.7 Å². The highest BCUT2D eigenvalue weighted by atomic mass is 19.4. The van der Waals surface area contributed by atoms with Gasteiger partial charge in [0.1, 0.15) is 0 Å². The first-order valence-corrected chi connectivity index (χ1v) is 6.47. The van der Waals surface area contributed by atoms with Crippen molar-refractivity contribution in [1.82, 2.24) is 10.2 Å². The summed E-state index contributed by atoms with van der Waals surface area (Å²) in [5.41, 5.74) is 7.84. The maximum atomic E-state index is 12.5. The summed E-state index contributed by atoms with van der Waals surface area (Å²) in [4.78, 5) is 1.88. The average Bonchev–Trinajstić information content (AvgIpc) is 2.47. The van der Waals surface area contributed by atoms with E-state index in [9.17, 15) is 13.2 Å². The van der Waals surface area contributed by atoms with E-state index >= 15 is 0 Å². The first-order chi connectivity index (χ1) is 9.95. The number of nitrogens with zero attached hydrogens (tertiary/aromatic N) is 3. The standard InChI is InChI=1S/C14H13F3N4/c15-14(16,17)12-4-5-13(20-19-12)21-7-6-9-2-1-3-11(18)10(9)8-21/h1-5H,6-8,18H2. The normalized spacial score (nSPS) is 14.9. The van der Waals surface area contributed by atoms with Gasteiger partial charge < -0.3 is 10.6 Å². The van der Waals surface area contributed by atoms with Gasteiger partial charge in [0.25, 0.3) is 0 Å². The third kappa shape index (κ3) is 2.63. The minimum absolute atomic E-state index is 0.428. The maximum absolute atomic E-state index is 12.5. The fourth-order valence-corrected chi connectivity index (χ4v) is 2.45. The van der Waals surface area contributed by atoms with Crippen LogP contribution in [0.3, 0.4) is 0 Å². The van der Waals surface area contributed by atoms with Gasteiger partial charge in [-0.3, -0.25) is 0 Å². The first kappa shape index (κ1) is 13.7. The van der Waals surface area contributed by atoms with Crippen molar-refractivity contribution in [3.63, 3.8) is 0 Å². The summed E-state index contributed by atoms with van der Waals surface area (Å²) in [5.74, 6) is 0.428. The van der Waals surface area contributed by atoms with Crippen molar-refractivity contribution in [2.45, 2.75) is 19.1 Å². The van der Waals surface area contributed by atoms with Crippen LogP contribution in [-0.2, 0) is 19.1 Å². The number of hydrogen-bond acceptors (Lipinski definition) is 4. The molecule has 0 atom stereocenters. The van der Waals surface area contributed by atoms with Crippen LogP contribution in [0.5, 0.6) is 0 Å². The van der Waals surface area contributed by atoms with E-state index in [2.05, 4.69) is 10.2 Å². The fourth-order valence-electron chi connectivity index (χ4n) is 2.45. The van der Waals surface area contributed by atoms with E-state index in [1.54, 1.807) is 0 Å². The van der Waals surface area contributed by atoms with Crippen LogP contribution in [-0.4, -0.2) is 16.7 Å². The zero-order valence-corrected chi connectivity index (χ0v) is 11.1. The minimum Gasteiger partial charge on any atom is -0.398 e. The largest absolute Gasteiger partial charge is 0.435 e. The van der Waals surface area contributed by atoms with E-state index in [1.807, 2.05) is 23.1 Å². The van der Waals surface area contributed by atoms with Crippen molar-refractivity contribution in [3.8, 4) is 0 Å². The minimum atomic E-state index is -4.47. The molecule has 0 radical (unpaired) electrons. The Morgan fingerprint density at radius 3 is 2.57 bits per heavy atom. The molecule has 0 saturated heterocycles. The van der Waals surface area contributed by atoms with Gasteiger partial charge in [-0.1, -0.05) is 12.1 Å². The molecule has 1 aromatic heterocycles. The summed E-state index contributed by atoms with van der Waals surface area (Å²) in [6.45, 7) is 1.21. The molecular formula is C14H13F3N4. The summed E-state index contributed by atoms with van der Waals surface area (Å²) < 4.78 is 37.4. The van der Waals surface area contributed by atoms with Crippen molar-refractivity contribution in [2.75, 3.05) is 17.2 Å². The van der Waals surface area contributed by atoms with E-state index in [-0.39, 0.29) is 0 Å². The van der Waals surface area contributed by atoms with Gasteiger partial charge >= 0.3 is 6.18 Å². The predicted octanol–water partition coefficient (Wildman–Crippen LogP) is 2.64.